The average Bonchev–Trinajstić information content (AvgIpc) is 3.28. The molecule has 0 aromatic carbocycles. The van der Waals surface area contributed by atoms with E-state index in [9.17, 15) is 0 Å². The van der Waals surface area contributed by atoms with Gasteiger partial charge in [-0.15, -0.1) is 0 Å². The summed E-state index contributed by atoms with van der Waals surface area (Å²) in [7, 11) is 0. The average molecular weight is 310 g/mol. The molecular weight excluding hydrogens is 288 g/mol. The summed E-state index contributed by atoms with van der Waals surface area (Å²) >= 11 is 0. The highest BCUT2D eigenvalue weighted by Gasteiger charge is 2.27. The summed E-state index contributed by atoms with van der Waals surface area (Å²) in [6, 6.07) is 2.41. The summed E-state index contributed by atoms with van der Waals surface area (Å²) in [4.78, 5) is 11.8. The summed E-state index contributed by atoms with van der Waals surface area (Å²) in [5.41, 5.74) is 8.79. The highest BCUT2D eigenvalue weighted by Crippen LogP contribution is 2.37. The number of nitrogens with zero attached hydrogens (tertiary/aromatic N) is 4. The Hall–Kier alpha value is -2.37. The van der Waals surface area contributed by atoms with Crippen molar-refractivity contribution in [3.63, 3.8) is 0 Å². The van der Waals surface area contributed by atoms with Gasteiger partial charge in [0, 0.05) is 17.8 Å². The Balaban J connectivity index is 1.76. The molecule has 3 heterocycles. The van der Waals surface area contributed by atoms with Crippen LogP contribution in [0.1, 0.15) is 45.1 Å². The quantitative estimate of drug-likeness (QED) is 0.771. The fourth-order valence-corrected chi connectivity index (χ4v) is 3.92. The number of aromatic nitrogens is 5. The van der Waals surface area contributed by atoms with Crippen LogP contribution in [0.2, 0.25) is 0 Å². The van der Waals surface area contributed by atoms with Crippen molar-refractivity contribution >= 4 is 16.9 Å². The molecule has 0 amide bonds. The van der Waals surface area contributed by atoms with Gasteiger partial charge in [-0.25, -0.2) is 9.97 Å². The van der Waals surface area contributed by atoms with E-state index in [0.717, 1.165) is 28.7 Å². The van der Waals surface area contributed by atoms with E-state index in [1.807, 2.05) is 12.3 Å². The molecule has 0 bridgehead atoms. The molecule has 1 aliphatic carbocycles. The van der Waals surface area contributed by atoms with Gasteiger partial charge < -0.3 is 10.7 Å². The van der Waals surface area contributed by atoms with Crippen LogP contribution in [0.15, 0.2) is 24.8 Å². The van der Waals surface area contributed by atoms with Gasteiger partial charge in [-0.05, 0) is 31.2 Å². The van der Waals surface area contributed by atoms with Gasteiger partial charge in [0.15, 0.2) is 5.82 Å². The Kier molecular flexibility index (Phi) is 3.52. The van der Waals surface area contributed by atoms with E-state index < -0.39 is 0 Å². The van der Waals surface area contributed by atoms with Crippen molar-refractivity contribution in [2.75, 3.05) is 5.73 Å². The van der Waals surface area contributed by atoms with E-state index >= 15 is 0 Å². The van der Waals surface area contributed by atoms with Crippen LogP contribution in [-0.2, 0) is 0 Å². The molecule has 3 N–H and O–H groups in total. The van der Waals surface area contributed by atoms with E-state index in [-0.39, 0.29) is 0 Å². The number of hydrogen-bond donors (Lipinski definition) is 2. The van der Waals surface area contributed by atoms with Gasteiger partial charge in [0.2, 0.25) is 0 Å². The van der Waals surface area contributed by atoms with Gasteiger partial charge in [-0.2, -0.15) is 5.10 Å². The molecule has 1 saturated carbocycles. The number of aromatic amines is 1. The highest BCUT2D eigenvalue weighted by atomic mass is 15.3. The largest absolute Gasteiger partial charge is 0.382 e. The number of anilines is 1. The zero-order chi connectivity index (χ0) is 15.8. The minimum atomic E-state index is 0.428. The first-order chi connectivity index (χ1) is 11.3. The molecule has 1 atom stereocenters. The summed E-state index contributed by atoms with van der Waals surface area (Å²) in [6.07, 6.45) is 11.8. The van der Waals surface area contributed by atoms with Crippen molar-refractivity contribution in [2.24, 2.45) is 5.92 Å². The predicted octanol–water partition coefficient (Wildman–Crippen LogP) is 3.54. The number of nitrogens with one attached hydrogen (secondary N) is 1. The topological polar surface area (TPSA) is 85.4 Å². The number of fused-ring (bicyclic) bond motifs is 1. The van der Waals surface area contributed by atoms with Crippen LogP contribution in [0.5, 0.6) is 0 Å². The maximum atomic E-state index is 6.22. The number of nitrogen functional groups attached to an aromatic ring is 1. The maximum absolute atomic E-state index is 6.22. The molecule has 120 valence electrons. The molecule has 1 aliphatic rings. The van der Waals surface area contributed by atoms with Gasteiger partial charge in [-0.1, -0.05) is 19.8 Å². The summed E-state index contributed by atoms with van der Waals surface area (Å²) < 4.78 is 2.07. The SMILES string of the molecule is CCC(C1CCCC1)n1cc(-c2ncnc3[nH]ccc23)c(N)n1. The van der Waals surface area contributed by atoms with E-state index in [1.54, 1.807) is 6.33 Å². The van der Waals surface area contributed by atoms with Gasteiger partial charge in [0.1, 0.15) is 12.0 Å². The van der Waals surface area contributed by atoms with Crippen molar-refractivity contribution in [1.82, 2.24) is 24.7 Å². The van der Waals surface area contributed by atoms with Crippen LogP contribution in [-0.4, -0.2) is 24.7 Å². The smallest absolute Gasteiger partial charge is 0.154 e. The molecule has 1 fully saturated rings. The fourth-order valence-electron chi connectivity index (χ4n) is 3.92. The Morgan fingerprint density at radius 2 is 2.17 bits per heavy atom. The van der Waals surface area contributed by atoms with Crippen LogP contribution >= 0.6 is 0 Å². The minimum absolute atomic E-state index is 0.428. The fraction of sp³-hybridized carbons (Fsp3) is 0.471. The van der Waals surface area contributed by atoms with Crippen molar-refractivity contribution in [3.8, 4) is 11.3 Å². The Morgan fingerprint density at radius 3 is 2.96 bits per heavy atom. The van der Waals surface area contributed by atoms with Crippen LogP contribution in [0.4, 0.5) is 5.82 Å². The van der Waals surface area contributed by atoms with Crippen LogP contribution in [0.3, 0.4) is 0 Å². The van der Waals surface area contributed by atoms with Crippen molar-refractivity contribution in [1.29, 1.82) is 0 Å². The number of nitrogens with two attached hydrogens (primary N) is 1. The normalized spacial score (nSPS) is 17.1. The third-order valence-corrected chi connectivity index (χ3v) is 5.07. The van der Waals surface area contributed by atoms with Crippen molar-refractivity contribution < 1.29 is 0 Å². The molecule has 6 heteroatoms. The molecule has 1 unspecified atom stereocenters. The molecular formula is C17H22N6. The first kappa shape index (κ1) is 14.2. The molecule has 0 saturated heterocycles. The Morgan fingerprint density at radius 1 is 1.35 bits per heavy atom. The van der Waals surface area contributed by atoms with Crippen molar-refractivity contribution in [3.05, 3.63) is 24.8 Å². The lowest BCUT2D eigenvalue weighted by atomic mass is 9.96. The number of rotatable bonds is 4. The number of H-pyrrole nitrogens is 1. The molecule has 0 spiro atoms. The Bertz CT molecular complexity index is 811. The zero-order valence-electron chi connectivity index (χ0n) is 13.4. The second kappa shape index (κ2) is 5.68. The molecule has 3 aromatic heterocycles. The molecule has 23 heavy (non-hydrogen) atoms. The second-order valence-electron chi connectivity index (χ2n) is 6.39. The maximum Gasteiger partial charge on any atom is 0.154 e. The summed E-state index contributed by atoms with van der Waals surface area (Å²) in [6.45, 7) is 2.23. The van der Waals surface area contributed by atoms with Gasteiger partial charge in [-0.3, -0.25) is 4.68 Å². The van der Waals surface area contributed by atoms with Crippen molar-refractivity contribution in [2.45, 2.75) is 45.1 Å². The monoisotopic (exact) mass is 310 g/mol. The highest BCUT2D eigenvalue weighted by molar-refractivity contribution is 5.92. The predicted molar refractivity (Wildman–Crippen MR) is 90.8 cm³/mol. The van der Waals surface area contributed by atoms with Crippen LogP contribution in [0.25, 0.3) is 22.3 Å². The summed E-state index contributed by atoms with van der Waals surface area (Å²) in [5, 5.41) is 5.60. The molecule has 4 rings (SSSR count). The van der Waals surface area contributed by atoms with Gasteiger partial charge in [0.05, 0.1) is 17.3 Å². The first-order valence-electron chi connectivity index (χ1n) is 8.41. The van der Waals surface area contributed by atoms with Gasteiger partial charge >= 0.3 is 0 Å². The van der Waals surface area contributed by atoms with E-state index in [0.29, 0.717) is 17.8 Å². The van der Waals surface area contributed by atoms with Crippen LogP contribution < -0.4 is 5.73 Å². The minimum Gasteiger partial charge on any atom is -0.382 e. The van der Waals surface area contributed by atoms with E-state index in [1.165, 1.54) is 25.7 Å². The van der Waals surface area contributed by atoms with E-state index in [2.05, 4.69) is 37.9 Å². The lowest BCUT2D eigenvalue weighted by molar-refractivity contribution is 0.302. The molecule has 0 aliphatic heterocycles. The third kappa shape index (κ3) is 2.38. The molecule has 3 aromatic rings. The molecule has 6 nitrogen and oxygen atoms in total. The lowest BCUT2D eigenvalue weighted by Crippen LogP contribution is -2.17. The van der Waals surface area contributed by atoms with Gasteiger partial charge in [0.25, 0.3) is 0 Å². The van der Waals surface area contributed by atoms with E-state index in [4.69, 9.17) is 5.73 Å². The number of hydrogen-bond acceptors (Lipinski definition) is 4. The third-order valence-electron chi connectivity index (χ3n) is 5.07. The first-order valence-corrected chi connectivity index (χ1v) is 8.41. The zero-order valence-corrected chi connectivity index (χ0v) is 13.4. The lowest BCUT2D eigenvalue weighted by Gasteiger charge is -2.22. The standard InChI is InChI=1S/C17H22N6/c1-2-14(11-5-3-4-6-11)23-9-13(16(18)22-23)15-12-7-8-19-17(12)21-10-20-15/h7-11,14H,2-6H2,1H3,(H2,18,22)(H,19,20,21). The molecule has 0 radical (unpaired) electrons. The second-order valence-corrected chi connectivity index (χ2v) is 6.39. The Labute approximate surface area is 135 Å². The van der Waals surface area contributed by atoms with Crippen LogP contribution in [0, 0.1) is 5.92 Å². The summed E-state index contributed by atoms with van der Waals surface area (Å²) in [5.74, 6) is 1.26.